The summed E-state index contributed by atoms with van der Waals surface area (Å²) in [6.45, 7) is -1.07. The molecule has 1 aromatic carbocycles. The molecule has 1 unspecified atom stereocenters. The Balaban J connectivity index is 2.55. The van der Waals surface area contributed by atoms with Crippen molar-refractivity contribution in [3.8, 4) is 0 Å². The maximum absolute atomic E-state index is 13.5. The van der Waals surface area contributed by atoms with Crippen LogP contribution < -0.4 is 5.32 Å². The third-order valence-electron chi connectivity index (χ3n) is 3.15. The molecule has 1 atom stereocenters. The van der Waals surface area contributed by atoms with Gasteiger partial charge >= 0.3 is 12.1 Å². The molecule has 1 aromatic rings. The van der Waals surface area contributed by atoms with E-state index < -0.39 is 43.4 Å². The second kappa shape index (κ2) is 10.1. The van der Waals surface area contributed by atoms with E-state index in [2.05, 4.69) is 20.1 Å². The van der Waals surface area contributed by atoms with E-state index in [9.17, 15) is 18.4 Å². The molecule has 0 aromatic heterocycles. The average Bonchev–Trinajstić information content (AvgIpc) is 2.62. The fraction of sp³-hybridized carbons (Fsp3) is 0.467. The van der Waals surface area contributed by atoms with E-state index >= 15 is 0 Å². The predicted molar refractivity (Wildman–Crippen MR) is 83.8 cm³/mol. The molecule has 0 spiro atoms. The number of ether oxygens (including phenoxy) is 2. The van der Waals surface area contributed by atoms with E-state index in [-0.39, 0.29) is 6.61 Å². The summed E-state index contributed by atoms with van der Waals surface area (Å²) in [5.41, 5.74) is 8.81. The first kappa shape index (κ1) is 20.2. The van der Waals surface area contributed by atoms with Crippen molar-refractivity contribution in [2.75, 3.05) is 13.7 Å². The lowest BCUT2D eigenvalue weighted by Crippen LogP contribution is -2.42. The lowest BCUT2D eigenvalue weighted by molar-refractivity contribution is -0.143. The minimum absolute atomic E-state index is 0.0341. The Kier molecular flexibility index (Phi) is 8.14. The molecule has 0 radical (unpaired) electrons. The van der Waals surface area contributed by atoms with Crippen molar-refractivity contribution in [3.05, 3.63) is 46.3 Å². The number of hydrogen-bond donors (Lipinski definition) is 1. The second-order valence-electron chi connectivity index (χ2n) is 5.07. The van der Waals surface area contributed by atoms with Gasteiger partial charge in [-0.05, 0) is 17.5 Å². The van der Waals surface area contributed by atoms with Crippen molar-refractivity contribution in [1.29, 1.82) is 0 Å². The van der Waals surface area contributed by atoms with Crippen LogP contribution in [-0.2, 0) is 20.9 Å². The minimum Gasteiger partial charge on any atom is -0.467 e. The van der Waals surface area contributed by atoms with Gasteiger partial charge in [0.2, 0.25) is 0 Å². The van der Waals surface area contributed by atoms with Crippen LogP contribution in [0.2, 0.25) is 0 Å². The zero-order valence-electron chi connectivity index (χ0n) is 13.5. The molecular weight excluding hydrogens is 338 g/mol. The lowest BCUT2D eigenvalue weighted by atomic mass is 10.1. The van der Waals surface area contributed by atoms with E-state index in [1.807, 2.05) is 0 Å². The predicted octanol–water partition coefficient (Wildman–Crippen LogP) is 3.18. The molecule has 0 aliphatic carbocycles. The van der Waals surface area contributed by atoms with Crippen molar-refractivity contribution in [1.82, 2.24) is 5.32 Å². The van der Waals surface area contributed by atoms with Gasteiger partial charge in [-0.2, -0.15) is 0 Å². The summed E-state index contributed by atoms with van der Waals surface area (Å²) >= 11 is 0. The maximum Gasteiger partial charge on any atom is 0.408 e. The van der Waals surface area contributed by atoms with Crippen LogP contribution in [0.5, 0.6) is 0 Å². The highest BCUT2D eigenvalue weighted by molar-refractivity contribution is 5.81. The van der Waals surface area contributed by atoms with Gasteiger partial charge in [-0.25, -0.2) is 18.4 Å². The molecular formula is C15H18F2N4O4. The summed E-state index contributed by atoms with van der Waals surface area (Å²) < 4.78 is 36.4. The minimum atomic E-state index is -3.30. The van der Waals surface area contributed by atoms with E-state index in [0.717, 1.165) is 12.7 Å². The normalized spacial score (nSPS) is 11.8. The lowest BCUT2D eigenvalue weighted by Gasteiger charge is -2.19. The average molecular weight is 356 g/mol. The smallest absolute Gasteiger partial charge is 0.408 e. The monoisotopic (exact) mass is 356 g/mol. The molecule has 0 fully saturated rings. The summed E-state index contributed by atoms with van der Waals surface area (Å²) in [6, 6.07) is 7.50. The van der Waals surface area contributed by atoms with Crippen molar-refractivity contribution in [2.45, 2.75) is 31.4 Å². The number of carbonyl (C=O) groups excluding carboxylic acids is 2. The van der Waals surface area contributed by atoms with Gasteiger partial charge in [0.1, 0.15) is 12.6 Å². The highest BCUT2D eigenvalue weighted by Gasteiger charge is 2.32. The highest BCUT2D eigenvalue weighted by Crippen LogP contribution is 2.22. The van der Waals surface area contributed by atoms with Crippen LogP contribution in [0.3, 0.4) is 0 Å². The number of nitrogens with one attached hydrogen (secondary N) is 1. The van der Waals surface area contributed by atoms with Crippen molar-refractivity contribution < 1.29 is 27.8 Å². The van der Waals surface area contributed by atoms with Gasteiger partial charge in [0.15, 0.2) is 0 Å². The third-order valence-corrected chi connectivity index (χ3v) is 3.15. The number of carbonyl (C=O) groups is 2. The van der Waals surface area contributed by atoms with Crippen LogP contribution in [0.15, 0.2) is 35.4 Å². The molecule has 0 bridgehead atoms. The molecule has 0 aliphatic heterocycles. The van der Waals surface area contributed by atoms with E-state index in [1.54, 1.807) is 30.3 Å². The van der Waals surface area contributed by atoms with Crippen LogP contribution in [-0.4, -0.2) is 37.7 Å². The van der Waals surface area contributed by atoms with Crippen molar-refractivity contribution >= 4 is 12.1 Å². The molecule has 0 heterocycles. The molecule has 0 aliphatic rings. The molecule has 1 amide bonds. The fourth-order valence-corrected chi connectivity index (χ4v) is 1.87. The van der Waals surface area contributed by atoms with Crippen LogP contribution >= 0.6 is 0 Å². The Labute approximate surface area is 142 Å². The van der Waals surface area contributed by atoms with Gasteiger partial charge < -0.3 is 14.8 Å². The van der Waals surface area contributed by atoms with Gasteiger partial charge in [-0.3, -0.25) is 0 Å². The first-order valence-electron chi connectivity index (χ1n) is 7.31. The zero-order chi connectivity index (χ0) is 18.7. The molecule has 0 saturated carbocycles. The maximum atomic E-state index is 13.5. The number of azide groups is 1. The Morgan fingerprint density at radius 3 is 2.64 bits per heavy atom. The van der Waals surface area contributed by atoms with Gasteiger partial charge in [-0.15, -0.1) is 0 Å². The van der Waals surface area contributed by atoms with E-state index in [1.165, 1.54) is 0 Å². The summed E-state index contributed by atoms with van der Waals surface area (Å²) in [5, 5.41) is 5.01. The largest absolute Gasteiger partial charge is 0.467 e. The van der Waals surface area contributed by atoms with Gasteiger partial charge in [-0.1, -0.05) is 35.4 Å². The number of rotatable bonds is 9. The van der Waals surface area contributed by atoms with Crippen molar-refractivity contribution in [3.63, 3.8) is 0 Å². The molecule has 1 N–H and O–H groups in total. The van der Waals surface area contributed by atoms with Crippen molar-refractivity contribution in [2.24, 2.45) is 5.11 Å². The fourth-order valence-electron chi connectivity index (χ4n) is 1.87. The summed E-state index contributed by atoms with van der Waals surface area (Å²) in [7, 11) is 1.07. The Morgan fingerprint density at radius 2 is 2.04 bits per heavy atom. The number of halogens is 2. The number of esters is 1. The standard InChI is InChI=1S/C15H18F2N4O4/c1-24-13(22)12(7-8-15(16,17)10-19-21-18)20-14(23)25-9-11-5-3-2-4-6-11/h2-6,12H,7-10H2,1H3,(H,20,23). The highest BCUT2D eigenvalue weighted by atomic mass is 19.3. The Hall–Kier alpha value is -2.87. The number of alkyl halides is 2. The molecule has 10 heteroatoms. The van der Waals surface area contributed by atoms with Gasteiger partial charge in [0.05, 0.1) is 13.7 Å². The van der Waals surface area contributed by atoms with Crippen LogP contribution in [0.1, 0.15) is 18.4 Å². The molecule has 1 rings (SSSR count). The summed E-state index contributed by atoms with van der Waals surface area (Å²) in [6.07, 6.45) is -2.11. The van der Waals surface area contributed by atoms with Crippen LogP contribution in [0, 0.1) is 0 Å². The second-order valence-corrected chi connectivity index (χ2v) is 5.07. The van der Waals surface area contributed by atoms with E-state index in [0.29, 0.717) is 0 Å². The number of hydrogen-bond acceptors (Lipinski definition) is 5. The molecule has 136 valence electrons. The topological polar surface area (TPSA) is 113 Å². The Bertz CT molecular complexity index is 621. The first-order valence-corrected chi connectivity index (χ1v) is 7.31. The first-order chi connectivity index (χ1) is 11.9. The third kappa shape index (κ3) is 7.98. The molecule has 8 nitrogen and oxygen atoms in total. The van der Waals surface area contributed by atoms with Gasteiger partial charge in [0, 0.05) is 11.3 Å². The summed E-state index contributed by atoms with van der Waals surface area (Å²) in [5.74, 6) is -4.18. The molecule has 0 saturated heterocycles. The summed E-state index contributed by atoms with van der Waals surface area (Å²) in [4.78, 5) is 25.6. The number of methoxy groups -OCH3 is 1. The number of alkyl carbamates (subject to hydrolysis) is 1. The van der Waals surface area contributed by atoms with Crippen LogP contribution in [0.4, 0.5) is 13.6 Å². The van der Waals surface area contributed by atoms with Crippen LogP contribution in [0.25, 0.3) is 10.4 Å². The quantitative estimate of drug-likeness (QED) is 0.317. The number of nitrogens with zero attached hydrogens (tertiary/aromatic N) is 3. The molecule has 25 heavy (non-hydrogen) atoms. The van der Waals surface area contributed by atoms with E-state index in [4.69, 9.17) is 10.3 Å². The Morgan fingerprint density at radius 1 is 1.36 bits per heavy atom. The number of benzene rings is 1. The van der Waals surface area contributed by atoms with Gasteiger partial charge in [0.25, 0.3) is 5.92 Å². The zero-order valence-corrected chi connectivity index (χ0v) is 13.5. The number of amides is 1. The SMILES string of the molecule is COC(=O)C(CCC(F)(F)CN=[N+]=[N-])NC(=O)OCc1ccccc1.